The number of amides is 1. The van der Waals surface area contributed by atoms with E-state index in [0.717, 1.165) is 24.3 Å². The van der Waals surface area contributed by atoms with E-state index in [1.165, 1.54) is 12.8 Å². The molecule has 0 saturated carbocycles. The van der Waals surface area contributed by atoms with Crippen molar-refractivity contribution in [1.29, 1.82) is 0 Å². The van der Waals surface area contributed by atoms with E-state index < -0.39 is 6.09 Å². The minimum absolute atomic E-state index is 0.344. The van der Waals surface area contributed by atoms with Crippen LogP contribution < -0.4 is 16.0 Å². The van der Waals surface area contributed by atoms with Crippen molar-refractivity contribution >= 4 is 23.2 Å². The van der Waals surface area contributed by atoms with Crippen molar-refractivity contribution in [2.24, 2.45) is 0 Å². The second kappa shape index (κ2) is 5.82. The highest BCUT2D eigenvalue weighted by Crippen LogP contribution is 2.33. The van der Waals surface area contributed by atoms with Crippen LogP contribution in [0.1, 0.15) is 25.3 Å². The van der Waals surface area contributed by atoms with E-state index >= 15 is 0 Å². The molecule has 1 aromatic rings. The van der Waals surface area contributed by atoms with Crippen molar-refractivity contribution in [3.8, 4) is 0 Å². The summed E-state index contributed by atoms with van der Waals surface area (Å²) in [5.74, 6) is 0. The lowest BCUT2D eigenvalue weighted by atomic mass is 10.1. The molecule has 1 amide bonds. The van der Waals surface area contributed by atoms with Crippen LogP contribution in [0.3, 0.4) is 0 Å². The van der Waals surface area contributed by atoms with Gasteiger partial charge in [0.25, 0.3) is 0 Å². The molecule has 0 bridgehead atoms. The maximum absolute atomic E-state index is 11.4. The lowest BCUT2D eigenvalue weighted by molar-refractivity contribution is 0.168. The van der Waals surface area contributed by atoms with E-state index in [9.17, 15) is 4.79 Å². The molecule has 104 valence electrons. The van der Waals surface area contributed by atoms with Gasteiger partial charge in [0.15, 0.2) is 0 Å². The summed E-state index contributed by atoms with van der Waals surface area (Å²) in [7, 11) is 0. The van der Waals surface area contributed by atoms with E-state index in [0.29, 0.717) is 18.0 Å². The molecule has 0 spiro atoms. The van der Waals surface area contributed by atoms with Gasteiger partial charge in [0, 0.05) is 18.8 Å². The standard InChI is InChI=1S/C14H21N3O2/c1-3-19-14(18)16-11-6-7-12(10(2)13(11)15)17-8-4-5-9-17/h6-7H,3-5,8-9,15H2,1-2H3,(H,16,18). The van der Waals surface area contributed by atoms with Crippen LogP contribution in [0, 0.1) is 6.92 Å². The average Bonchev–Trinajstić information content (AvgIpc) is 2.89. The number of carbonyl (C=O) groups excluding carboxylic acids is 1. The first-order valence-electron chi connectivity index (χ1n) is 6.71. The van der Waals surface area contributed by atoms with E-state index in [2.05, 4.69) is 10.2 Å². The first-order chi connectivity index (χ1) is 9.13. The van der Waals surface area contributed by atoms with Gasteiger partial charge in [-0.1, -0.05) is 0 Å². The van der Waals surface area contributed by atoms with Crippen LogP contribution in [-0.2, 0) is 4.74 Å². The Bertz CT molecular complexity index is 468. The third-order valence-electron chi connectivity index (χ3n) is 3.45. The molecule has 3 N–H and O–H groups in total. The molecule has 1 fully saturated rings. The zero-order valence-electron chi connectivity index (χ0n) is 11.5. The van der Waals surface area contributed by atoms with Crippen molar-refractivity contribution in [2.75, 3.05) is 35.6 Å². The maximum Gasteiger partial charge on any atom is 0.411 e. The van der Waals surface area contributed by atoms with E-state index in [4.69, 9.17) is 10.5 Å². The Morgan fingerprint density at radius 3 is 2.74 bits per heavy atom. The van der Waals surface area contributed by atoms with Crippen molar-refractivity contribution in [3.05, 3.63) is 17.7 Å². The van der Waals surface area contributed by atoms with Crippen LogP contribution in [-0.4, -0.2) is 25.8 Å². The molecule has 1 aromatic carbocycles. The topological polar surface area (TPSA) is 67.6 Å². The third-order valence-corrected chi connectivity index (χ3v) is 3.45. The number of nitrogens with zero attached hydrogens (tertiary/aromatic N) is 1. The maximum atomic E-state index is 11.4. The van der Waals surface area contributed by atoms with Crippen LogP contribution in [0.4, 0.5) is 21.9 Å². The van der Waals surface area contributed by atoms with Gasteiger partial charge in [-0.25, -0.2) is 4.79 Å². The SMILES string of the molecule is CCOC(=O)Nc1ccc(N2CCCC2)c(C)c1N. The van der Waals surface area contributed by atoms with Gasteiger partial charge in [-0.15, -0.1) is 0 Å². The van der Waals surface area contributed by atoms with Gasteiger partial charge < -0.3 is 15.4 Å². The Balaban J connectivity index is 2.19. The highest BCUT2D eigenvalue weighted by Gasteiger charge is 2.17. The van der Waals surface area contributed by atoms with Crippen molar-refractivity contribution in [3.63, 3.8) is 0 Å². The second-order valence-electron chi connectivity index (χ2n) is 4.71. The molecule has 1 aliphatic rings. The Morgan fingerprint density at radius 1 is 1.42 bits per heavy atom. The Kier molecular flexibility index (Phi) is 4.14. The predicted molar refractivity (Wildman–Crippen MR) is 77.7 cm³/mol. The molecule has 2 rings (SSSR count). The number of nitrogens with one attached hydrogen (secondary N) is 1. The summed E-state index contributed by atoms with van der Waals surface area (Å²) in [5, 5.41) is 2.67. The first-order valence-corrected chi connectivity index (χ1v) is 6.71. The fourth-order valence-corrected chi connectivity index (χ4v) is 2.40. The van der Waals surface area contributed by atoms with Gasteiger partial charge in [-0.05, 0) is 44.4 Å². The monoisotopic (exact) mass is 263 g/mol. The number of nitrogens with two attached hydrogens (primary N) is 1. The number of anilines is 3. The summed E-state index contributed by atoms with van der Waals surface area (Å²) in [6.45, 7) is 6.25. The quantitative estimate of drug-likeness (QED) is 0.823. The molecule has 1 heterocycles. The van der Waals surface area contributed by atoms with Gasteiger partial charge in [-0.2, -0.15) is 0 Å². The van der Waals surface area contributed by atoms with Gasteiger partial charge in [0.1, 0.15) is 0 Å². The molecule has 5 heteroatoms. The fraction of sp³-hybridized carbons (Fsp3) is 0.500. The predicted octanol–water partition coefficient (Wildman–Crippen LogP) is 2.75. The van der Waals surface area contributed by atoms with Gasteiger partial charge in [-0.3, -0.25) is 5.32 Å². The minimum Gasteiger partial charge on any atom is -0.450 e. The number of hydrogen-bond acceptors (Lipinski definition) is 4. The average molecular weight is 263 g/mol. The van der Waals surface area contributed by atoms with Crippen LogP contribution in [0.25, 0.3) is 0 Å². The Morgan fingerprint density at radius 2 is 2.11 bits per heavy atom. The van der Waals surface area contributed by atoms with E-state index in [-0.39, 0.29) is 0 Å². The molecule has 0 radical (unpaired) electrons. The molecule has 0 atom stereocenters. The van der Waals surface area contributed by atoms with Gasteiger partial charge >= 0.3 is 6.09 Å². The number of carbonyl (C=O) groups is 1. The molecule has 0 unspecified atom stereocenters. The fourth-order valence-electron chi connectivity index (χ4n) is 2.40. The van der Waals surface area contributed by atoms with Gasteiger partial charge in [0.2, 0.25) is 0 Å². The molecular weight excluding hydrogens is 242 g/mol. The number of ether oxygens (including phenoxy) is 1. The van der Waals surface area contributed by atoms with Crippen molar-refractivity contribution < 1.29 is 9.53 Å². The third kappa shape index (κ3) is 2.92. The lowest BCUT2D eigenvalue weighted by Crippen LogP contribution is -2.20. The molecule has 0 aromatic heterocycles. The minimum atomic E-state index is -0.470. The number of nitrogen functional groups attached to an aromatic ring is 1. The van der Waals surface area contributed by atoms with Crippen LogP contribution in [0.5, 0.6) is 0 Å². The first kappa shape index (κ1) is 13.5. The van der Waals surface area contributed by atoms with E-state index in [1.807, 2.05) is 19.1 Å². The highest BCUT2D eigenvalue weighted by molar-refractivity contribution is 5.91. The Hall–Kier alpha value is -1.91. The summed E-state index contributed by atoms with van der Waals surface area (Å²) < 4.78 is 4.85. The molecule has 0 aliphatic carbocycles. The Labute approximate surface area is 113 Å². The second-order valence-corrected chi connectivity index (χ2v) is 4.71. The molecular formula is C14H21N3O2. The number of rotatable bonds is 3. The largest absolute Gasteiger partial charge is 0.450 e. The number of benzene rings is 1. The summed E-state index contributed by atoms with van der Waals surface area (Å²) in [6, 6.07) is 3.85. The van der Waals surface area contributed by atoms with Crippen molar-refractivity contribution in [1.82, 2.24) is 0 Å². The zero-order valence-corrected chi connectivity index (χ0v) is 11.5. The van der Waals surface area contributed by atoms with Crippen LogP contribution in [0.2, 0.25) is 0 Å². The molecule has 5 nitrogen and oxygen atoms in total. The smallest absolute Gasteiger partial charge is 0.411 e. The highest BCUT2D eigenvalue weighted by atomic mass is 16.5. The van der Waals surface area contributed by atoms with Crippen LogP contribution >= 0.6 is 0 Å². The molecule has 1 saturated heterocycles. The summed E-state index contributed by atoms with van der Waals surface area (Å²) in [5.41, 5.74) is 9.48. The molecule has 1 aliphatic heterocycles. The number of hydrogen-bond donors (Lipinski definition) is 2. The summed E-state index contributed by atoms with van der Waals surface area (Å²) in [6.07, 6.45) is 1.98. The summed E-state index contributed by atoms with van der Waals surface area (Å²) in [4.78, 5) is 13.8. The lowest BCUT2D eigenvalue weighted by Gasteiger charge is -2.22. The summed E-state index contributed by atoms with van der Waals surface area (Å²) >= 11 is 0. The molecule has 19 heavy (non-hydrogen) atoms. The van der Waals surface area contributed by atoms with Gasteiger partial charge in [0.05, 0.1) is 18.0 Å². The van der Waals surface area contributed by atoms with Crippen molar-refractivity contribution in [2.45, 2.75) is 26.7 Å². The van der Waals surface area contributed by atoms with E-state index in [1.54, 1.807) is 6.92 Å². The normalized spacial score (nSPS) is 14.5. The zero-order chi connectivity index (χ0) is 13.8. The van der Waals surface area contributed by atoms with Crippen LogP contribution in [0.15, 0.2) is 12.1 Å².